The molecule has 5 N–H and O–H groups in total. The molecule has 1 fully saturated rings. The Balaban J connectivity index is 2.17. The SMILES string of the molecule is CC(C)C1(CNc2cc(S(N)(=O)=O)ccc2N)CC1. The minimum absolute atomic E-state index is 0.0820. The van der Waals surface area contributed by atoms with Crippen LogP contribution in [0.25, 0.3) is 0 Å². The highest BCUT2D eigenvalue weighted by Gasteiger charge is 2.44. The van der Waals surface area contributed by atoms with E-state index in [-0.39, 0.29) is 4.90 Å². The first-order chi connectivity index (χ1) is 8.74. The van der Waals surface area contributed by atoms with Gasteiger partial charge in [-0.3, -0.25) is 0 Å². The zero-order valence-electron chi connectivity index (χ0n) is 11.3. The van der Waals surface area contributed by atoms with Gasteiger partial charge in [-0.25, -0.2) is 13.6 Å². The highest BCUT2D eigenvalue weighted by Crippen LogP contribution is 2.51. The predicted octanol–water partition coefficient (Wildman–Crippen LogP) is 1.76. The Morgan fingerprint density at radius 2 is 2.00 bits per heavy atom. The lowest BCUT2D eigenvalue weighted by atomic mass is 9.92. The van der Waals surface area contributed by atoms with Crippen molar-refractivity contribution in [2.24, 2.45) is 16.5 Å². The van der Waals surface area contributed by atoms with Gasteiger partial charge < -0.3 is 11.1 Å². The zero-order valence-corrected chi connectivity index (χ0v) is 12.1. The van der Waals surface area contributed by atoms with E-state index in [9.17, 15) is 8.42 Å². The summed E-state index contributed by atoms with van der Waals surface area (Å²) in [7, 11) is -3.69. The van der Waals surface area contributed by atoms with Crippen molar-refractivity contribution >= 4 is 21.4 Å². The lowest BCUT2D eigenvalue weighted by Gasteiger charge is -2.21. The first kappa shape index (κ1) is 14.1. The highest BCUT2D eigenvalue weighted by atomic mass is 32.2. The van der Waals surface area contributed by atoms with Gasteiger partial charge in [0.1, 0.15) is 0 Å². The average Bonchev–Trinajstić information content (AvgIpc) is 3.07. The number of benzene rings is 1. The summed E-state index contributed by atoms with van der Waals surface area (Å²) in [6.07, 6.45) is 2.40. The van der Waals surface area contributed by atoms with Gasteiger partial charge in [0.25, 0.3) is 0 Å². The number of anilines is 2. The van der Waals surface area contributed by atoms with E-state index in [1.165, 1.54) is 25.0 Å². The number of sulfonamides is 1. The number of nitrogens with two attached hydrogens (primary N) is 2. The van der Waals surface area contributed by atoms with Gasteiger partial charge in [0, 0.05) is 6.54 Å². The minimum atomic E-state index is -3.69. The lowest BCUT2D eigenvalue weighted by Crippen LogP contribution is -2.21. The van der Waals surface area contributed by atoms with Crippen molar-refractivity contribution in [1.82, 2.24) is 0 Å². The van der Waals surface area contributed by atoms with Crippen LogP contribution in [-0.2, 0) is 10.0 Å². The summed E-state index contributed by atoms with van der Waals surface area (Å²) < 4.78 is 22.7. The van der Waals surface area contributed by atoms with Crippen LogP contribution in [0.1, 0.15) is 26.7 Å². The largest absolute Gasteiger partial charge is 0.397 e. The van der Waals surface area contributed by atoms with Gasteiger partial charge in [0.2, 0.25) is 10.0 Å². The van der Waals surface area contributed by atoms with Crippen LogP contribution in [0.15, 0.2) is 23.1 Å². The second-order valence-electron chi connectivity index (χ2n) is 5.66. The van der Waals surface area contributed by atoms with Crippen LogP contribution in [-0.4, -0.2) is 15.0 Å². The van der Waals surface area contributed by atoms with E-state index in [0.717, 1.165) is 6.54 Å². The van der Waals surface area contributed by atoms with Crippen molar-refractivity contribution in [1.29, 1.82) is 0 Å². The van der Waals surface area contributed by atoms with Crippen LogP contribution in [0.3, 0.4) is 0 Å². The summed E-state index contributed by atoms with van der Waals surface area (Å²) in [5.74, 6) is 0.600. The fraction of sp³-hybridized carbons (Fsp3) is 0.538. The summed E-state index contributed by atoms with van der Waals surface area (Å²) in [5, 5.41) is 8.39. The van der Waals surface area contributed by atoms with Crippen molar-refractivity contribution in [2.75, 3.05) is 17.6 Å². The number of nitrogen functional groups attached to an aromatic ring is 1. The molecule has 1 saturated carbocycles. The van der Waals surface area contributed by atoms with Crippen LogP contribution in [0, 0.1) is 11.3 Å². The highest BCUT2D eigenvalue weighted by molar-refractivity contribution is 7.89. The van der Waals surface area contributed by atoms with Gasteiger partial charge in [0.15, 0.2) is 0 Å². The minimum Gasteiger partial charge on any atom is -0.397 e. The van der Waals surface area contributed by atoms with Crippen molar-refractivity contribution < 1.29 is 8.42 Å². The van der Waals surface area contributed by atoms with E-state index in [1.807, 2.05) is 0 Å². The summed E-state index contributed by atoms with van der Waals surface area (Å²) in [4.78, 5) is 0.0820. The van der Waals surface area contributed by atoms with E-state index < -0.39 is 10.0 Å². The predicted molar refractivity (Wildman–Crippen MR) is 77.2 cm³/mol. The molecule has 0 aromatic heterocycles. The molecule has 106 valence electrons. The van der Waals surface area contributed by atoms with E-state index >= 15 is 0 Å². The Hall–Kier alpha value is -1.27. The summed E-state index contributed by atoms with van der Waals surface area (Å²) in [6, 6.07) is 4.49. The molecule has 1 aromatic rings. The van der Waals surface area contributed by atoms with Crippen LogP contribution >= 0.6 is 0 Å². The molecule has 0 unspecified atom stereocenters. The second-order valence-corrected chi connectivity index (χ2v) is 7.23. The van der Waals surface area contributed by atoms with Gasteiger partial charge in [-0.1, -0.05) is 13.8 Å². The molecule has 0 atom stereocenters. The van der Waals surface area contributed by atoms with Gasteiger partial charge in [-0.05, 0) is 42.4 Å². The number of nitrogens with one attached hydrogen (secondary N) is 1. The molecule has 0 saturated heterocycles. The van der Waals surface area contributed by atoms with Crippen LogP contribution < -0.4 is 16.2 Å². The van der Waals surface area contributed by atoms with Crippen molar-refractivity contribution in [3.63, 3.8) is 0 Å². The molecule has 6 heteroatoms. The molecule has 0 bridgehead atoms. The number of hydrogen-bond acceptors (Lipinski definition) is 4. The third kappa shape index (κ3) is 3.01. The quantitative estimate of drug-likeness (QED) is 0.717. The number of primary sulfonamides is 1. The fourth-order valence-electron chi connectivity index (χ4n) is 2.26. The maximum absolute atomic E-state index is 11.3. The third-order valence-corrected chi connectivity index (χ3v) is 5.01. The number of rotatable bonds is 5. The van der Waals surface area contributed by atoms with Crippen molar-refractivity contribution in [3.8, 4) is 0 Å². The maximum atomic E-state index is 11.3. The van der Waals surface area contributed by atoms with Gasteiger partial charge in [-0.2, -0.15) is 0 Å². The molecule has 0 aliphatic heterocycles. The van der Waals surface area contributed by atoms with Crippen LogP contribution in [0.5, 0.6) is 0 Å². The van der Waals surface area contributed by atoms with Gasteiger partial charge in [0.05, 0.1) is 16.3 Å². The van der Waals surface area contributed by atoms with E-state index in [4.69, 9.17) is 10.9 Å². The molecular weight excluding hydrogens is 262 g/mol. The number of hydrogen-bond donors (Lipinski definition) is 3. The smallest absolute Gasteiger partial charge is 0.238 e. The first-order valence-corrected chi connectivity index (χ1v) is 7.95. The van der Waals surface area contributed by atoms with Crippen LogP contribution in [0.2, 0.25) is 0 Å². The molecule has 1 aliphatic rings. The standard InChI is InChI=1S/C13H21N3O2S/c1-9(2)13(5-6-13)8-16-12-7-10(19(15,17)18)3-4-11(12)14/h3-4,7,9,16H,5-6,8,14H2,1-2H3,(H2,15,17,18). The van der Waals surface area contributed by atoms with Gasteiger partial charge >= 0.3 is 0 Å². The molecule has 0 heterocycles. The molecule has 2 rings (SSSR count). The fourth-order valence-corrected chi connectivity index (χ4v) is 2.80. The van der Waals surface area contributed by atoms with Crippen molar-refractivity contribution in [3.05, 3.63) is 18.2 Å². The molecular formula is C13H21N3O2S. The molecule has 19 heavy (non-hydrogen) atoms. The zero-order chi connectivity index (χ0) is 14.3. The van der Waals surface area contributed by atoms with Crippen molar-refractivity contribution in [2.45, 2.75) is 31.6 Å². The Morgan fingerprint density at radius 1 is 1.37 bits per heavy atom. The monoisotopic (exact) mass is 283 g/mol. The molecule has 0 spiro atoms. The topological polar surface area (TPSA) is 98.2 Å². The molecule has 0 amide bonds. The summed E-state index contributed by atoms with van der Waals surface area (Å²) >= 11 is 0. The maximum Gasteiger partial charge on any atom is 0.238 e. The Labute approximate surface area is 114 Å². The Bertz CT molecular complexity index is 578. The normalized spacial score (nSPS) is 17.5. The van der Waals surface area contributed by atoms with Crippen LogP contribution in [0.4, 0.5) is 11.4 Å². The second kappa shape index (κ2) is 4.68. The molecule has 1 aliphatic carbocycles. The molecule has 0 radical (unpaired) electrons. The summed E-state index contributed by atoms with van der Waals surface area (Å²) in [5.41, 5.74) is 7.36. The molecule has 1 aromatic carbocycles. The third-order valence-electron chi connectivity index (χ3n) is 4.10. The van der Waals surface area contributed by atoms with Gasteiger partial charge in [-0.15, -0.1) is 0 Å². The Morgan fingerprint density at radius 3 is 2.47 bits per heavy atom. The van der Waals surface area contributed by atoms with E-state index in [2.05, 4.69) is 19.2 Å². The van der Waals surface area contributed by atoms with E-state index in [1.54, 1.807) is 6.07 Å². The van der Waals surface area contributed by atoms with E-state index in [0.29, 0.717) is 22.7 Å². The first-order valence-electron chi connectivity index (χ1n) is 6.41. The molecule has 5 nitrogen and oxygen atoms in total. The summed E-state index contributed by atoms with van der Waals surface area (Å²) in [6.45, 7) is 5.22. The Kier molecular flexibility index (Phi) is 3.49. The lowest BCUT2D eigenvalue weighted by molar-refractivity contribution is 0.380. The average molecular weight is 283 g/mol.